The smallest absolute Gasteiger partial charge is 0.243 e. The number of halogens is 2. The molecule has 7 nitrogen and oxygen atoms in total. The Hall–Kier alpha value is -2.78. The molecule has 3 aromatic carbocycles. The van der Waals surface area contributed by atoms with Crippen LogP contribution in [0.1, 0.15) is 5.56 Å². The van der Waals surface area contributed by atoms with Crippen LogP contribution >= 0.6 is 23.2 Å². The highest BCUT2D eigenvalue weighted by Crippen LogP contribution is 2.32. The van der Waals surface area contributed by atoms with E-state index in [4.69, 9.17) is 32.7 Å². The van der Waals surface area contributed by atoms with Gasteiger partial charge in [0.2, 0.25) is 15.9 Å². The highest BCUT2D eigenvalue weighted by atomic mass is 35.5. The number of carbonyl (C=O) groups is 1. The second-order valence-corrected chi connectivity index (χ2v) is 9.99. The summed E-state index contributed by atoms with van der Waals surface area (Å²) in [7, 11) is -1.19. The lowest BCUT2D eigenvalue weighted by Gasteiger charge is -2.23. The van der Waals surface area contributed by atoms with Gasteiger partial charge in [0.1, 0.15) is 0 Å². The van der Waals surface area contributed by atoms with Crippen LogP contribution in [-0.2, 0) is 21.2 Å². The fourth-order valence-electron chi connectivity index (χ4n) is 3.27. The fourth-order valence-corrected chi connectivity index (χ4v) is 5.17. The first kappa shape index (κ1) is 25.8. The zero-order chi connectivity index (χ0) is 24.7. The molecule has 0 fully saturated rings. The molecule has 0 saturated carbocycles. The molecule has 3 rings (SSSR count). The minimum absolute atomic E-state index is 0.0261. The first-order valence-electron chi connectivity index (χ1n) is 10.3. The van der Waals surface area contributed by atoms with Gasteiger partial charge in [0.25, 0.3) is 0 Å². The number of amides is 1. The number of anilines is 1. The largest absolute Gasteiger partial charge is 0.493 e. The molecule has 0 saturated heterocycles. The van der Waals surface area contributed by atoms with Crippen molar-refractivity contribution >= 4 is 44.8 Å². The average Bonchev–Trinajstić information content (AvgIpc) is 2.84. The maximum absolute atomic E-state index is 13.5. The summed E-state index contributed by atoms with van der Waals surface area (Å²) in [4.78, 5) is 12.8. The monoisotopic (exact) mass is 522 g/mol. The van der Waals surface area contributed by atoms with E-state index in [0.29, 0.717) is 12.2 Å². The molecule has 0 atom stereocenters. The van der Waals surface area contributed by atoms with Gasteiger partial charge in [-0.3, -0.25) is 4.79 Å². The van der Waals surface area contributed by atoms with Crippen molar-refractivity contribution in [2.24, 2.45) is 0 Å². The number of hydrogen-bond donors (Lipinski definition) is 1. The summed E-state index contributed by atoms with van der Waals surface area (Å²) >= 11 is 12.3. The molecule has 0 unspecified atom stereocenters. The summed E-state index contributed by atoms with van der Waals surface area (Å²) < 4.78 is 38.6. The van der Waals surface area contributed by atoms with Crippen LogP contribution in [0.15, 0.2) is 71.6 Å². The molecule has 1 N–H and O–H groups in total. The van der Waals surface area contributed by atoms with Gasteiger partial charge in [-0.05, 0) is 36.2 Å². The Kier molecular flexibility index (Phi) is 8.79. The minimum atomic E-state index is -4.07. The van der Waals surface area contributed by atoms with Crippen LogP contribution in [0.2, 0.25) is 10.0 Å². The standard InChI is InChI=1S/C24H24Cl2N2O5S/c1-32-21-12-11-18(15-22(21)33-2)34(30,31)28(14-13-17-7-4-3-5-8-17)16-23(29)27-24-19(25)9-6-10-20(24)26/h3-12,15H,13-14,16H2,1-2H3,(H,27,29). The summed E-state index contributed by atoms with van der Waals surface area (Å²) in [5.41, 5.74) is 1.16. The lowest BCUT2D eigenvalue weighted by molar-refractivity contribution is -0.116. The lowest BCUT2D eigenvalue weighted by Crippen LogP contribution is -2.39. The third-order valence-corrected chi connectivity index (χ3v) is 7.50. The third kappa shape index (κ3) is 6.21. The quantitative estimate of drug-likeness (QED) is 0.410. The van der Waals surface area contributed by atoms with Crippen LogP contribution in [0.5, 0.6) is 11.5 Å². The number of carbonyl (C=O) groups excluding carboxylic acids is 1. The zero-order valence-electron chi connectivity index (χ0n) is 18.6. The number of para-hydroxylation sites is 1. The van der Waals surface area contributed by atoms with Crippen molar-refractivity contribution in [2.75, 3.05) is 32.6 Å². The molecule has 3 aromatic rings. The van der Waals surface area contributed by atoms with Gasteiger partial charge in [-0.2, -0.15) is 4.31 Å². The van der Waals surface area contributed by atoms with Gasteiger partial charge >= 0.3 is 0 Å². The zero-order valence-corrected chi connectivity index (χ0v) is 21.0. The molecule has 0 heterocycles. The highest BCUT2D eigenvalue weighted by molar-refractivity contribution is 7.89. The van der Waals surface area contributed by atoms with Gasteiger partial charge in [-0.1, -0.05) is 59.6 Å². The molecule has 0 aliphatic heterocycles. The number of methoxy groups -OCH3 is 2. The maximum Gasteiger partial charge on any atom is 0.243 e. The van der Waals surface area contributed by atoms with Gasteiger partial charge in [0.05, 0.1) is 41.4 Å². The Balaban J connectivity index is 1.90. The van der Waals surface area contributed by atoms with E-state index in [1.54, 1.807) is 18.2 Å². The first-order chi connectivity index (χ1) is 16.3. The van der Waals surface area contributed by atoms with Gasteiger partial charge in [0.15, 0.2) is 11.5 Å². The Bertz CT molecular complexity index is 1230. The summed E-state index contributed by atoms with van der Waals surface area (Å²) in [5, 5.41) is 3.12. The molecular weight excluding hydrogens is 499 g/mol. The Labute approximate surface area is 209 Å². The van der Waals surface area contributed by atoms with Gasteiger partial charge in [-0.25, -0.2) is 8.42 Å². The first-order valence-corrected chi connectivity index (χ1v) is 12.5. The normalized spacial score (nSPS) is 11.3. The van der Waals surface area contributed by atoms with Crippen molar-refractivity contribution in [2.45, 2.75) is 11.3 Å². The average molecular weight is 523 g/mol. The molecule has 0 aliphatic rings. The lowest BCUT2D eigenvalue weighted by atomic mass is 10.1. The van der Waals surface area contributed by atoms with E-state index in [1.165, 1.54) is 32.4 Å². The van der Waals surface area contributed by atoms with E-state index in [9.17, 15) is 13.2 Å². The Morgan fingerprint density at radius 2 is 1.56 bits per heavy atom. The molecule has 180 valence electrons. The molecule has 0 radical (unpaired) electrons. The number of ether oxygens (including phenoxy) is 2. The number of rotatable bonds is 10. The second kappa shape index (κ2) is 11.6. The number of hydrogen-bond acceptors (Lipinski definition) is 5. The summed E-state index contributed by atoms with van der Waals surface area (Å²) in [6.45, 7) is -0.366. The molecule has 10 heteroatoms. The van der Waals surface area contributed by atoms with Crippen molar-refractivity contribution in [3.63, 3.8) is 0 Å². The van der Waals surface area contributed by atoms with E-state index in [1.807, 2.05) is 30.3 Å². The number of nitrogens with zero attached hydrogens (tertiary/aromatic N) is 1. The molecule has 0 aliphatic carbocycles. The third-order valence-electron chi connectivity index (χ3n) is 5.03. The van der Waals surface area contributed by atoms with Crippen molar-refractivity contribution in [1.82, 2.24) is 4.31 Å². The van der Waals surface area contributed by atoms with Crippen LogP contribution in [0.4, 0.5) is 5.69 Å². The van der Waals surface area contributed by atoms with Gasteiger partial charge < -0.3 is 14.8 Å². The predicted molar refractivity (Wildman–Crippen MR) is 134 cm³/mol. The predicted octanol–water partition coefficient (Wildman–Crippen LogP) is 4.88. The number of benzene rings is 3. The number of nitrogens with one attached hydrogen (secondary N) is 1. The van der Waals surface area contributed by atoms with Crippen LogP contribution in [0.25, 0.3) is 0 Å². The Morgan fingerprint density at radius 3 is 2.18 bits per heavy atom. The van der Waals surface area contributed by atoms with E-state index in [-0.39, 0.29) is 32.9 Å². The van der Waals surface area contributed by atoms with E-state index < -0.39 is 22.5 Å². The SMILES string of the molecule is COc1ccc(S(=O)(=O)N(CCc2ccccc2)CC(=O)Nc2c(Cl)cccc2Cl)cc1OC. The van der Waals surface area contributed by atoms with Crippen LogP contribution in [-0.4, -0.2) is 45.9 Å². The van der Waals surface area contributed by atoms with Gasteiger partial charge in [-0.15, -0.1) is 0 Å². The molecule has 0 spiro atoms. The molecule has 0 bridgehead atoms. The van der Waals surface area contributed by atoms with Crippen molar-refractivity contribution in [3.8, 4) is 11.5 Å². The molecular formula is C24H24Cl2N2O5S. The second-order valence-electron chi connectivity index (χ2n) is 7.24. The number of sulfonamides is 1. The van der Waals surface area contributed by atoms with E-state index in [2.05, 4.69) is 5.32 Å². The molecule has 34 heavy (non-hydrogen) atoms. The van der Waals surface area contributed by atoms with Crippen LogP contribution in [0, 0.1) is 0 Å². The summed E-state index contributed by atoms with van der Waals surface area (Å²) in [5.74, 6) is 0.0781. The van der Waals surface area contributed by atoms with Crippen molar-refractivity contribution < 1.29 is 22.7 Å². The highest BCUT2D eigenvalue weighted by Gasteiger charge is 2.28. The Morgan fingerprint density at radius 1 is 0.912 bits per heavy atom. The minimum Gasteiger partial charge on any atom is -0.493 e. The topological polar surface area (TPSA) is 84.9 Å². The van der Waals surface area contributed by atoms with Crippen molar-refractivity contribution in [1.29, 1.82) is 0 Å². The summed E-state index contributed by atoms with van der Waals surface area (Å²) in [6, 6.07) is 18.5. The van der Waals surface area contributed by atoms with Crippen molar-refractivity contribution in [3.05, 3.63) is 82.3 Å². The molecule has 0 aromatic heterocycles. The van der Waals surface area contributed by atoms with E-state index in [0.717, 1.165) is 9.87 Å². The van der Waals surface area contributed by atoms with Crippen LogP contribution < -0.4 is 14.8 Å². The molecule has 1 amide bonds. The van der Waals surface area contributed by atoms with E-state index >= 15 is 0 Å². The maximum atomic E-state index is 13.5. The summed E-state index contributed by atoms with van der Waals surface area (Å²) in [6.07, 6.45) is 0.410. The van der Waals surface area contributed by atoms with Gasteiger partial charge in [0, 0.05) is 12.6 Å². The fraction of sp³-hybridized carbons (Fsp3) is 0.208. The van der Waals surface area contributed by atoms with Crippen LogP contribution in [0.3, 0.4) is 0 Å².